The normalized spacial score (nSPS) is 10.8. The Balaban J connectivity index is 1.81. The van der Waals surface area contributed by atoms with Crippen LogP contribution in [-0.4, -0.2) is 23.2 Å². The van der Waals surface area contributed by atoms with Crippen LogP contribution in [0.1, 0.15) is 16.1 Å². The highest BCUT2D eigenvalue weighted by atomic mass is 32.1. The zero-order chi connectivity index (χ0) is 18.1. The number of thiophene rings is 1. The SMILES string of the molecule is COc1ccccc1OC(=O)c1cc(-c2cccs2)nc2onc(C)c12. The van der Waals surface area contributed by atoms with Gasteiger partial charge in [-0.25, -0.2) is 9.78 Å². The number of aryl methyl sites for hydroxylation is 1. The summed E-state index contributed by atoms with van der Waals surface area (Å²) in [6.45, 7) is 1.76. The van der Waals surface area contributed by atoms with Crippen LogP contribution in [0.15, 0.2) is 52.4 Å². The first-order valence-electron chi connectivity index (χ1n) is 7.83. The molecule has 0 saturated heterocycles. The quantitative estimate of drug-likeness (QED) is 0.391. The van der Waals surface area contributed by atoms with E-state index in [4.69, 9.17) is 14.0 Å². The molecule has 0 N–H and O–H groups in total. The van der Waals surface area contributed by atoms with E-state index in [0.717, 1.165) is 4.88 Å². The van der Waals surface area contributed by atoms with Crippen LogP contribution in [0.2, 0.25) is 0 Å². The van der Waals surface area contributed by atoms with Crippen molar-refractivity contribution >= 4 is 28.4 Å². The number of methoxy groups -OCH3 is 1. The lowest BCUT2D eigenvalue weighted by Gasteiger charge is -2.09. The van der Waals surface area contributed by atoms with Crippen molar-refractivity contribution in [2.45, 2.75) is 6.92 Å². The first kappa shape index (κ1) is 16.3. The molecular formula is C19H14N2O4S. The van der Waals surface area contributed by atoms with Crippen molar-refractivity contribution < 1.29 is 18.8 Å². The third-order valence-corrected chi connectivity index (χ3v) is 4.77. The van der Waals surface area contributed by atoms with Crippen LogP contribution in [0.5, 0.6) is 11.5 Å². The Labute approximate surface area is 153 Å². The van der Waals surface area contributed by atoms with Crippen molar-refractivity contribution in [2.75, 3.05) is 7.11 Å². The molecular weight excluding hydrogens is 352 g/mol. The topological polar surface area (TPSA) is 74.5 Å². The number of carbonyl (C=O) groups excluding carboxylic acids is 1. The number of esters is 1. The summed E-state index contributed by atoms with van der Waals surface area (Å²) >= 11 is 1.53. The molecule has 4 rings (SSSR count). The molecule has 0 amide bonds. The van der Waals surface area contributed by atoms with Gasteiger partial charge in [-0.15, -0.1) is 11.3 Å². The lowest BCUT2D eigenvalue weighted by molar-refractivity contribution is 0.0731. The molecule has 0 aliphatic rings. The second-order valence-electron chi connectivity index (χ2n) is 5.52. The standard InChI is InChI=1S/C19H14N2O4S/c1-11-17-12(19(22)24-15-7-4-3-6-14(15)23-2)10-13(16-8-5-9-26-16)20-18(17)25-21-11/h3-10H,1-2H3. The molecule has 6 nitrogen and oxygen atoms in total. The van der Waals surface area contributed by atoms with Gasteiger partial charge in [-0.1, -0.05) is 23.4 Å². The molecule has 0 atom stereocenters. The van der Waals surface area contributed by atoms with E-state index in [1.165, 1.54) is 18.4 Å². The second-order valence-corrected chi connectivity index (χ2v) is 6.47. The monoisotopic (exact) mass is 366 g/mol. The van der Waals surface area contributed by atoms with Gasteiger partial charge in [-0.2, -0.15) is 0 Å². The van der Waals surface area contributed by atoms with Gasteiger partial charge in [0, 0.05) is 0 Å². The number of pyridine rings is 1. The van der Waals surface area contributed by atoms with E-state index < -0.39 is 5.97 Å². The first-order chi connectivity index (χ1) is 12.7. The summed E-state index contributed by atoms with van der Waals surface area (Å²) in [5.74, 6) is 0.300. The largest absolute Gasteiger partial charge is 0.493 e. The molecule has 0 fully saturated rings. The van der Waals surface area contributed by atoms with Crippen LogP contribution in [0.25, 0.3) is 21.7 Å². The van der Waals surface area contributed by atoms with Gasteiger partial charge < -0.3 is 14.0 Å². The Kier molecular flexibility index (Phi) is 4.14. The van der Waals surface area contributed by atoms with Crippen LogP contribution in [0, 0.1) is 6.92 Å². The molecule has 0 aliphatic heterocycles. The molecule has 0 spiro atoms. The Hall–Kier alpha value is -3.19. The number of carbonyl (C=O) groups is 1. The zero-order valence-corrected chi connectivity index (χ0v) is 14.9. The molecule has 3 heterocycles. The van der Waals surface area contributed by atoms with Gasteiger partial charge in [0.15, 0.2) is 11.5 Å². The number of aromatic nitrogens is 2. The Morgan fingerprint density at radius 1 is 1.15 bits per heavy atom. The van der Waals surface area contributed by atoms with Crippen LogP contribution in [-0.2, 0) is 0 Å². The zero-order valence-electron chi connectivity index (χ0n) is 14.1. The Morgan fingerprint density at radius 2 is 1.96 bits per heavy atom. The summed E-state index contributed by atoms with van der Waals surface area (Å²) in [6.07, 6.45) is 0. The fraction of sp³-hybridized carbons (Fsp3) is 0.105. The minimum absolute atomic E-state index is 0.306. The van der Waals surface area contributed by atoms with Crippen LogP contribution >= 0.6 is 11.3 Å². The minimum atomic E-state index is -0.522. The summed E-state index contributed by atoms with van der Waals surface area (Å²) < 4.78 is 16.1. The molecule has 0 unspecified atom stereocenters. The van der Waals surface area contributed by atoms with Crippen LogP contribution in [0.4, 0.5) is 0 Å². The van der Waals surface area contributed by atoms with Crippen molar-refractivity contribution in [3.8, 4) is 22.1 Å². The van der Waals surface area contributed by atoms with Gasteiger partial charge in [0.1, 0.15) is 0 Å². The van der Waals surface area contributed by atoms with Crippen molar-refractivity contribution in [2.24, 2.45) is 0 Å². The number of rotatable bonds is 4. The van der Waals surface area contributed by atoms with Gasteiger partial charge in [0.25, 0.3) is 5.71 Å². The number of para-hydroxylation sites is 2. The van der Waals surface area contributed by atoms with Crippen LogP contribution < -0.4 is 9.47 Å². The third-order valence-electron chi connectivity index (χ3n) is 3.88. The number of ether oxygens (including phenoxy) is 2. The maximum Gasteiger partial charge on any atom is 0.344 e. The third kappa shape index (κ3) is 2.82. The molecule has 0 aliphatic carbocycles. The molecule has 7 heteroatoms. The lowest BCUT2D eigenvalue weighted by Crippen LogP contribution is -2.10. The lowest BCUT2D eigenvalue weighted by atomic mass is 10.1. The van der Waals surface area contributed by atoms with E-state index >= 15 is 0 Å². The van der Waals surface area contributed by atoms with Crippen molar-refractivity contribution in [3.63, 3.8) is 0 Å². The molecule has 0 bridgehead atoms. The molecule has 0 radical (unpaired) electrons. The highest BCUT2D eigenvalue weighted by Crippen LogP contribution is 2.31. The van der Waals surface area contributed by atoms with Gasteiger partial charge in [-0.05, 0) is 36.6 Å². The van der Waals surface area contributed by atoms with E-state index in [0.29, 0.717) is 39.6 Å². The minimum Gasteiger partial charge on any atom is -0.493 e. The molecule has 130 valence electrons. The van der Waals surface area contributed by atoms with Crippen molar-refractivity contribution in [3.05, 3.63) is 59.1 Å². The first-order valence-corrected chi connectivity index (χ1v) is 8.71. The summed E-state index contributed by atoms with van der Waals surface area (Å²) in [7, 11) is 1.52. The van der Waals surface area contributed by atoms with Gasteiger partial charge >= 0.3 is 5.97 Å². The average molecular weight is 366 g/mol. The van der Waals surface area contributed by atoms with Crippen molar-refractivity contribution in [1.29, 1.82) is 0 Å². The molecule has 1 aromatic carbocycles. The summed E-state index contributed by atoms with van der Waals surface area (Å²) in [5.41, 5.74) is 1.87. The highest BCUT2D eigenvalue weighted by Gasteiger charge is 2.22. The fourth-order valence-electron chi connectivity index (χ4n) is 2.66. The van der Waals surface area contributed by atoms with Gasteiger partial charge in [0.05, 0.1) is 34.3 Å². The maximum atomic E-state index is 12.9. The Morgan fingerprint density at radius 3 is 2.69 bits per heavy atom. The number of fused-ring (bicyclic) bond motifs is 1. The number of hydrogen-bond donors (Lipinski definition) is 0. The van der Waals surface area contributed by atoms with E-state index in [1.807, 2.05) is 17.5 Å². The van der Waals surface area contributed by atoms with E-state index in [9.17, 15) is 4.79 Å². The molecule has 26 heavy (non-hydrogen) atoms. The number of hydrogen-bond acceptors (Lipinski definition) is 7. The number of benzene rings is 1. The molecule has 3 aromatic heterocycles. The predicted octanol–water partition coefficient (Wildman–Crippen LogP) is 4.49. The van der Waals surface area contributed by atoms with Crippen molar-refractivity contribution in [1.82, 2.24) is 10.1 Å². The predicted molar refractivity (Wildman–Crippen MR) is 97.8 cm³/mol. The van der Waals surface area contributed by atoms with E-state index in [-0.39, 0.29) is 0 Å². The average Bonchev–Trinajstić information content (AvgIpc) is 3.32. The highest BCUT2D eigenvalue weighted by molar-refractivity contribution is 7.13. The summed E-state index contributed by atoms with van der Waals surface area (Å²) in [6, 6.07) is 12.5. The summed E-state index contributed by atoms with van der Waals surface area (Å²) in [5, 5.41) is 6.43. The maximum absolute atomic E-state index is 12.9. The van der Waals surface area contributed by atoms with Gasteiger partial charge in [-0.3, -0.25) is 0 Å². The Bertz CT molecular complexity index is 1090. The van der Waals surface area contributed by atoms with E-state index in [1.54, 1.807) is 37.3 Å². The molecule has 4 aromatic rings. The summed E-state index contributed by atoms with van der Waals surface area (Å²) in [4.78, 5) is 18.3. The smallest absolute Gasteiger partial charge is 0.344 e. The van der Waals surface area contributed by atoms with E-state index in [2.05, 4.69) is 10.1 Å². The van der Waals surface area contributed by atoms with Gasteiger partial charge in [0.2, 0.25) is 0 Å². The van der Waals surface area contributed by atoms with Crippen LogP contribution in [0.3, 0.4) is 0 Å². The fourth-order valence-corrected chi connectivity index (χ4v) is 3.35. The number of nitrogens with zero attached hydrogens (tertiary/aromatic N) is 2. The molecule has 0 saturated carbocycles. The second kappa shape index (κ2) is 6.61.